The Bertz CT molecular complexity index is 888. The predicted octanol–water partition coefficient (Wildman–Crippen LogP) is 8.82. The van der Waals surface area contributed by atoms with Gasteiger partial charge in [0.1, 0.15) is 11.5 Å². The number of phenols is 1. The highest BCUT2D eigenvalue weighted by Crippen LogP contribution is 2.24. The second kappa shape index (κ2) is 17.6. The van der Waals surface area contributed by atoms with E-state index >= 15 is 0 Å². The number of phenolic OH excluding ortho intramolecular Hbond substituents is 1. The number of carbonyl (C=O) groups is 1. The van der Waals surface area contributed by atoms with Crippen LogP contribution in [0, 0.1) is 0 Å². The quantitative estimate of drug-likeness (QED) is 0.121. The van der Waals surface area contributed by atoms with Gasteiger partial charge in [-0.1, -0.05) is 96.3 Å². The lowest BCUT2D eigenvalue weighted by molar-refractivity contribution is 0.104. The number of nitrogens with zero attached hydrogens (tertiary/aromatic N) is 1. The molecule has 0 aliphatic carbocycles. The number of unbranched alkanes of at least 4 members (excludes halogenated alkanes) is 10. The number of methoxy groups -OCH3 is 1. The molecule has 4 heteroatoms. The van der Waals surface area contributed by atoms with Crippen molar-refractivity contribution in [1.29, 1.82) is 0 Å². The molecule has 2 aromatic rings. The molecule has 0 radical (unpaired) electrons. The summed E-state index contributed by atoms with van der Waals surface area (Å²) in [5, 5.41) is 10.1. The van der Waals surface area contributed by atoms with Crippen molar-refractivity contribution in [3.8, 4) is 11.5 Å². The molecule has 0 bridgehead atoms. The maximum absolute atomic E-state index is 12.5. The van der Waals surface area contributed by atoms with Crippen LogP contribution in [-0.2, 0) is 0 Å². The second-order valence-electron chi connectivity index (χ2n) is 9.69. The summed E-state index contributed by atoms with van der Waals surface area (Å²) in [6.45, 7) is 6.73. The predicted molar refractivity (Wildman–Crippen MR) is 153 cm³/mol. The van der Waals surface area contributed by atoms with Crippen molar-refractivity contribution >= 4 is 17.5 Å². The van der Waals surface area contributed by atoms with Crippen LogP contribution in [0.15, 0.2) is 48.5 Å². The largest absolute Gasteiger partial charge is 0.507 e. The number of allylic oxidation sites excluding steroid dienone is 1. The normalized spacial score (nSPS) is 11.2. The third-order valence-corrected chi connectivity index (χ3v) is 6.72. The molecule has 0 aliphatic rings. The van der Waals surface area contributed by atoms with E-state index in [1.54, 1.807) is 12.1 Å². The van der Waals surface area contributed by atoms with Gasteiger partial charge in [-0.15, -0.1) is 0 Å². The molecule has 0 atom stereocenters. The third-order valence-electron chi connectivity index (χ3n) is 6.72. The summed E-state index contributed by atoms with van der Waals surface area (Å²) in [6, 6.07) is 13.2. The van der Waals surface area contributed by atoms with Crippen molar-refractivity contribution < 1.29 is 14.6 Å². The van der Waals surface area contributed by atoms with E-state index in [0.717, 1.165) is 18.7 Å². The number of hydrogen-bond acceptors (Lipinski definition) is 4. The summed E-state index contributed by atoms with van der Waals surface area (Å²) < 4.78 is 5.09. The zero-order chi connectivity index (χ0) is 26.0. The molecule has 0 amide bonds. The number of carbonyl (C=O) groups excluding carboxylic acids is 1. The summed E-state index contributed by atoms with van der Waals surface area (Å²) in [5.74, 6) is 0.224. The van der Waals surface area contributed by atoms with E-state index in [1.165, 1.54) is 102 Å². The van der Waals surface area contributed by atoms with E-state index in [0.29, 0.717) is 5.75 Å². The molecule has 0 heterocycles. The van der Waals surface area contributed by atoms with Gasteiger partial charge >= 0.3 is 0 Å². The Morgan fingerprint density at radius 1 is 0.806 bits per heavy atom. The molecule has 0 unspecified atom stereocenters. The Morgan fingerprint density at radius 3 is 1.89 bits per heavy atom. The number of rotatable bonds is 19. The first-order valence-corrected chi connectivity index (χ1v) is 14.0. The lowest BCUT2D eigenvalue weighted by Gasteiger charge is -2.25. The smallest absolute Gasteiger partial charge is 0.189 e. The Labute approximate surface area is 219 Å². The van der Waals surface area contributed by atoms with E-state index < -0.39 is 0 Å². The van der Waals surface area contributed by atoms with E-state index in [4.69, 9.17) is 4.74 Å². The summed E-state index contributed by atoms with van der Waals surface area (Å²) in [4.78, 5) is 15.1. The Balaban J connectivity index is 1.96. The molecule has 0 fully saturated rings. The van der Waals surface area contributed by atoms with Gasteiger partial charge in [-0.05, 0) is 48.7 Å². The van der Waals surface area contributed by atoms with Crippen LogP contribution in [0.3, 0.4) is 0 Å². The van der Waals surface area contributed by atoms with Crippen molar-refractivity contribution in [3.63, 3.8) is 0 Å². The minimum absolute atomic E-state index is 0.0700. The van der Waals surface area contributed by atoms with Gasteiger partial charge in [0.25, 0.3) is 0 Å². The van der Waals surface area contributed by atoms with Crippen LogP contribution in [0.5, 0.6) is 11.5 Å². The standard InChI is InChI=1S/C32H47NO3/c1-4-6-8-10-12-14-24-33(25-15-13-11-9-7-5-2)28-19-16-27(17-20-28)18-23-31(34)30-22-21-29(36-3)26-32(30)35/h16-23,26,35H,4-15,24-25H2,1-3H3/b23-18+. The van der Waals surface area contributed by atoms with Gasteiger partial charge < -0.3 is 14.7 Å². The zero-order valence-corrected chi connectivity index (χ0v) is 22.8. The van der Waals surface area contributed by atoms with Gasteiger partial charge in [0.05, 0.1) is 12.7 Å². The number of anilines is 1. The van der Waals surface area contributed by atoms with Gasteiger partial charge in [0.2, 0.25) is 0 Å². The first kappa shape index (κ1) is 29.5. The van der Waals surface area contributed by atoms with Crippen molar-refractivity contribution in [2.75, 3.05) is 25.1 Å². The highest BCUT2D eigenvalue weighted by Gasteiger charge is 2.10. The first-order chi connectivity index (χ1) is 17.6. The average Bonchev–Trinajstić information content (AvgIpc) is 2.90. The van der Waals surface area contributed by atoms with E-state index in [9.17, 15) is 9.90 Å². The van der Waals surface area contributed by atoms with Crippen LogP contribution in [0.4, 0.5) is 5.69 Å². The highest BCUT2D eigenvalue weighted by atomic mass is 16.5. The third kappa shape index (κ3) is 10.9. The van der Waals surface area contributed by atoms with Gasteiger partial charge in [-0.25, -0.2) is 0 Å². The zero-order valence-electron chi connectivity index (χ0n) is 22.8. The topological polar surface area (TPSA) is 49.8 Å². The molecule has 2 aromatic carbocycles. The van der Waals surface area contributed by atoms with Crippen LogP contribution in [-0.4, -0.2) is 31.1 Å². The van der Waals surface area contributed by atoms with Crippen LogP contribution >= 0.6 is 0 Å². The van der Waals surface area contributed by atoms with Crippen LogP contribution in [0.2, 0.25) is 0 Å². The summed E-state index contributed by atoms with van der Waals surface area (Å²) in [7, 11) is 1.53. The summed E-state index contributed by atoms with van der Waals surface area (Å²) in [6.07, 6.45) is 19.0. The van der Waals surface area contributed by atoms with Gasteiger partial charge in [0.15, 0.2) is 5.78 Å². The number of ether oxygens (including phenoxy) is 1. The Morgan fingerprint density at radius 2 is 1.36 bits per heavy atom. The number of ketones is 1. The summed E-state index contributed by atoms with van der Waals surface area (Å²) in [5.41, 5.74) is 2.50. The molecule has 198 valence electrons. The van der Waals surface area contributed by atoms with Crippen molar-refractivity contribution in [2.24, 2.45) is 0 Å². The second-order valence-corrected chi connectivity index (χ2v) is 9.69. The molecule has 2 rings (SSSR count). The van der Waals surface area contributed by atoms with E-state index in [2.05, 4.69) is 43.0 Å². The molecule has 0 saturated heterocycles. The van der Waals surface area contributed by atoms with Crippen LogP contribution in [0.25, 0.3) is 6.08 Å². The number of hydrogen-bond donors (Lipinski definition) is 1. The van der Waals surface area contributed by atoms with Crippen molar-refractivity contribution in [1.82, 2.24) is 0 Å². The average molecular weight is 494 g/mol. The number of benzene rings is 2. The van der Waals surface area contributed by atoms with E-state index in [1.807, 2.05) is 6.08 Å². The molecule has 0 aromatic heterocycles. The fraction of sp³-hybridized carbons (Fsp3) is 0.531. The first-order valence-electron chi connectivity index (χ1n) is 14.0. The van der Waals surface area contributed by atoms with Crippen LogP contribution < -0.4 is 9.64 Å². The van der Waals surface area contributed by atoms with Gasteiger partial charge in [0, 0.05) is 24.8 Å². The number of aromatic hydroxyl groups is 1. The molecule has 4 nitrogen and oxygen atoms in total. The Kier molecular flexibility index (Phi) is 14.4. The van der Waals surface area contributed by atoms with Crippen molar-refractivity contribution in [2.45, 2.75) is 90.9 Å². The summed E-state index contributed by atoms with van der Waals surface area (Å²) >= 11 is 0. The monoisotopic (exact) mass is 493 g/mol. The lowest BCUT2D eigenvalue weighted by Crippen LogP contribution is -2.25. The molecular formula is C32H47NO3. The maximum atomic E-state index is 12.5. The molecule has 0 saturated carbocycles. The van der Waals surface area contributed by atoms with E-state index in [-0.39, 0.29) is 17.1 Å². The highest BCUT2D eigenvalue weighted by molar-refractivity contribution is 6.08. The molecule has 36 heavy (non-hydrogen) atoms. The minimum atomic E-state index is -0.230. The minimum Gasteiger partial charge on any atom is -0.507 e. The molecule has 0 aliphatic heterocycles. The maximum Gasteiger partial charge on any atom is 0.189 e. The fourth-order valence-electron chi connectivity index (χ4n) is 4.44. The lowest BCUT2D eigenvalue weighted by atomic mass is 10.1. The Hall–Kier alpha value is -2.75. The fourth-order valence-corrected chi connectivity index (χ4v) is 4.44. The SMILES string of the molecule is CCCCCCCCN(CCCCCCCC)c1ccc(/C=C/C(=O)c2ccc(OC)cc2O)cc1. The van der Waals surface area contributed by atoms with Crippen LogP contribution in [0.1, 0.15) is 107 Å². The molecular weight excluding hydrogens is 446 g/mol. The van der Waals surface area contributed by atoms with Gasteiger partial charge in [-0.2, -0.15) is 0 Å². The molecule has 1 N–H and O–H groups in total. The van der Waals surface area contributed by atoms with Crippen molar-refractivity contribution in [3.05, 3.63) is 59.7 Å². The molecule has 0 spiro atoms. The van der Waals surface area contributed by atoms with Gasteiger partial charge in [-0.3, -0.25) is 4.79 Å².